The zero-order valence-electron chi connectivity index (χ0n) is 18.3. The molecule has 1 amide bonds. The van der Waals surface area contributed by atoms with E-state index in [1.807, 2.05) is 64.1 Å². The molecule has 0 saturated carbocycles. The van der Waals surface area contributed by atoms with Crippen LogP contribution in [0.15, 0.2) is 53.2 Å². The van der Waals surface area contributed by atoms with Gasteiger partial charge < -0.3 is 18.8 Å². The molecular weight excluding hydrogens is 378 g/mol. The Morgan fingerprint density at radius 2 is 1.80 bits per heavy atom. The molecule has 1 heterocycles. The second-order valence-electron chi connectivity index (χ2n) is 6.99. The number of hydrogen-bond acceptors (Lipinski definition) is 4. The number of likely N-dealkylation sites (N-methyl/N-ethyl adjacent to an activating group) is 1. The minimum Gasteiger partial charge on any atom is -0.496 e. The maximum Gasteiger partial charge on any atom is 0.246 e. The van der Waals surface area contributed by atoms with E-state index in [1.54, 1.807) is 24.3 Å². The Bertz CT molecular complexity index is 1040. The van der Waals surface area contributed by atoms with E-state index in [2.05, 4.69) is 0 Å². The molecule has 3 rings (SSSR count). The maximum absolute atomic E-state index is 12.6. The Kier molecular flexibility index (Phi) is 6.83. The lowest BCUT2D eigenvalue weighted by Crippen LogP contribution is -2.28. The van der Waals surface area contributed by atoms with Crippen molar-refractivity contribution in [3.05, 3.63) is 54.3 Å². The molecule has 0 bridgehead atoms. The van der Waals surface area contributed by atoms with E-state index < -0.39 is 0 Å². The molecular formula is C25H29NO4. The number of amides is 1. The fourth-order valence-electron chi connectivity index (χ4n) is 3.54. The van der Waals surface area contributed by atoms with Crippen molar-refractivity contribution in [3.63, 3.8) is 0 Å². The smallest absolute Gasteiger partial charge is 0.246 e. The lowest BCUT2D eigenvalue weighted by atomic mass is 9.99. The van der Waals surface area contributed by atoms with Crippen molar-refractivity contribution in [2.75, 3.05) is 26.8 Å². The summed E-state index contributed by atoms with van der Waals surface area (Å²) in [6.07, 6.45) is 3.43. The van der Waals surface area contributed by atoms with Gasteiger partial charge in [0, 0.05) is 41.7 Å². The highest BCUT2D eigenvalue weighted by molar-refractivity contribution is 6.00. The fraction of sp³-hybridized carbons (Fsp3) is 0.320. The van der Waals surface area contributed by atoms with Crippen molar-refractivity contribution in [3.8, 4) is 22.6 Å². The first kappa shape index (κ1) is 21.5. The predicted octanol–water partition coefficient (Wildman–Crippen LogP) is 5.78. The van der Waals surface area contributed by atoms with Crippen LogP contribution in [-0.4, -0.2) is 37.6 Å². The standard InChI is InChI=1S/C25H29NO4/c1-6-26(7-2)25(27)13-17(4)20-14-21-22(16-30-24(21)15-23(20)28-5)18-9-11-19(12-10-18)29-8-3/h9-16H,6-8H2,1-5H3/b17-13+. The number of nitrogens with zero attached hydrogens (tertiary/aromatic N) is 1. The number of rotatable bonds is 8. The molecule has 0 fully saturated rings. The molecule has 5 nitrogen and oxygen atoms in total. The molecule has 0 radical (unpaired) electrons. The van der Waals surface area contributed by atoms with Crippen LogP contribution in [0.25, 0.3) is 27.7 Å². The number of ether oxygens (including phenoxy) is 2. The van der Waals surface area contributed by atoms with Crippen LogP contribution in [0.3, 0.4) is 0 Å². The Labute approximate surface area is 177 Å². The van der Waals surface area contributed by atoms with Crippen LogP contribution in [0.5, 0.6) is 11.5 Å². The molecule has 158 valence electrons. The van der Waals surface area contributed by atoms with Gasteiger partial charge in [-0.05, 0) is 57.0 Å². The van der Waals surface area contributed by atoms with Gasteiger partial charge in [0.25, 0.3) is 0 Å². The normalized spacial score (nSPS) is 11.6. The number of carbonyl (C=O) groups excluding carboxylic acids is 1. The van der Waals surface area contributed by atoms with E-state index in [4.69, 9.17) is 13.9 Å². The lowest BCUT2D eigenvalue weighted by Gasteiger charge is -2.17. The molecule has 0 spiro atoms. The van der Waals surface area contributed by atoms with E-state index in [0.717, 1.165) is 39.0 Å². The summed E-state index contributed by atoms with van der Waals surface area (Å²) in [5.41, 5.74) is 4.49. The molecule has 0 aliphatic heterocycles. The monoisotopic (exact) mass is 407 g/mol. The first-order valence-corrected chi connectivity index (χ1v) is 10.3. The zero-order chi connectivity index (χ0) is 21.7. The predicted molar refractivity (Wildman–Crippen MR) is 121 cm³/mol. The number of fused-ring (bicyclic) bond motifs is 1. The summed E-state index contributed by atoms with van der Waals surface area (Å²) >= 11 is 0. The molecule has 0 N–H and O–H groups in total. The van der Waals surface area contributed by atoms with Gasteiger partial charge >= 0.3 is 0 Å². The number of methoxy groups -OCH3 is 1. The van der Waals surface area contributed by atoms with E-state index in [0.29, 0.717) is 25.4 Å². The average Bonchev–Trinajstić information content (AvgIpc) is 3.17. The molecule has 2 aromatic carbocycles. The molecule has 0 saturated heterocycles. The van der Waals surface area contributed by atoms with Gasteiger partial charge in [-0.3, -0.25) is 4.79 Å². The molecule has 1 aromatic heterocycles. The molecule has 0 atom stereocenters. The molecule has 0 aliphatic carbocycles. The van der Waals surface area contributed by atoms with E-state index in [1.165, 1.54) is 0 Å². The summed E-state index contributed by atoms with van der Waals surface area (Å²) in [6, 6.07) is 11.9. The highest BCUT2D eigenvalue weighted by Crippen LogP contribution is 2.37. The fourth-order valence-corrected chi connectivity index (χ4v) is 3.54. The molecule has 5 heteroatoms. The number of benzene rings is 2. The van der Waals surface area contributed by atoms with Gasteiger partial charge in [-0.2, -0.15) is 0 Å². The van der Waals surface area contributed by atoms with Crippen molar-refractivity contribution in [2.45, 2.75) is 27.7 Å². The van der Waals surface area contributed by atoms with Crippen LogP contribution >= 0.6 is 0 Å². The first-order valence-electron chi connectivity index (χ1n) is 10.3. The number of hydrogen-bond donors (Lipinski definition) is 0. The third-order valence-electron chi connectivity index (χ3n) is 5.21. The molecule has 0 unspecified atom stereocenters. The van der Waals surface area contributed by atoms with E-state index in [9.17, 15) is 4.79 Å². The van der Waals surface area contributed by atoms with Crippen molar-refractivity contribution >= 4 is 22.4 Å². The molecule has 0 aliphatic rings. The topological polar surface area (TPSA) is 51.9 Å². The van der Waals surface area contributed by atoms with Crippen LogP contribution in [0.1, 0.15) is 33.3 Å². The van der Waals surface area contributed by atoms with Gasteiger partial charge in [0.05, 0.1) is 20.0 Å². The van der Waals surface area contributed by atoms with Crippen molar-refractivity contribution in [1.82, 2.24) is 4.90 Å². The molecule has 3 aromatic rings. The summed E-state index contributed by atoms with van der Waals surface area (Å²) < 4.78 is 16.9. The van der Waals surface area contributed by atoms with Crippen LogP contribution in [0, 0.1) is 0 Å². The highest BCUT2D eigenvalue weighted by atomic mass is 16.5. The summed E-state index contributed by atoms with van der Waals surface area (Å²) in [4.78, 5) is 14.3. The first-order chi connectivity index (χ1) is 14.5. The Balaban J connectivity index is 2.05. The quantitative estimate of drug-likeness (QED) is 0.444. The number of allylic oxidation sites excluding steroid dienone is 1. The summed E-state index contributed by atoms with van der Waals surface area (Å²) in [7, 11) is 1.63. The second-order valence-corrected chi connectivity index (χ2v) is 6.99. The largest absolute Gasteiger partial charge is 0.496 e. The summed E-state index contributed by atoms with van der Waals surface area (Å²) in [5.74, 6) is 1.51. The van der Waals surface area contributed by atoms with Crippen LogP contribution in [-0.2, 0) is 4.79 Å². The zero-order valence-corrected chi connectivity index (χ0v) is 18.3. The minimum absolute atomic E-state index is 0.00131. The SMILES string of the molecule is CCOc1ccc(-c2coc3cc(OC)c(/C(C)=C/C(=O)N(CC)CC)cc23)cc1. The van der Waals surface area contributed by atoms with Gasteiger partial charge in [-0.25, -0.2) is 0 Å². The third kappa shape index (κ3) is 4.35. The van der Waals surface area contributed by atoms with Gasteiger partial charge in [-0.1, -0.05) is 12.1 Å². The van der Waals surface area contributed by atoms with Crippen LogP contribution in [0.4, 0.5) is 0 Å². The maximum atomic E-state index is 12.6. The lowest BCUT2D eigenvalue weighted by molar-refractivity contribution is -0.125. The molecule has 30 heavy (non-hydrogen) atoms. The average molecular weight is 408 g/mol. The third-order valence-corrected chi connectivity index (χ3v) is 5.21. The summed E-state index contributed by atoms with van der Waals surface area (Å²) in [5, 5.41) is 0.970. The summed E-state index contributed by atoms with van der Waals surface area (Å²) in [6.45, 7) is 9.85. The minimum atomic E-state index is -0.00131. The van der Waals surface area contributed by atoms with Crippen LogP contribution in [0.2, 0.25) is 0 Å². The Morgan fingerprint density at radius 3 is 2.40 bits per heavy atom. The van der Waals surface area contributed by atoms with Crippen LogP contribution < -0.4 is 9.47 Å². The number of carbonyl (C=O) groups is 1. The number of furan rings is 1. The van der Waals surface area contributed by atoms with Crippen molar-refractivity contribution in [2.24, 2.45) is 0 Å². The Hall–Kier alpha value is -3.21. The van der Waals surface area contributed by atoms with Gasteiger partial charge in [0.2, 0.25) is 5.91 Å². The van der Waals surface area contributed by atoms with Gasteiger partial charge in [0.15, 0.2) is 0 Å². The second kappa shape index (κ2) is 9.53. The van der Waals surface area contributed by atoms with E-state index >= 15 is 0 Å². The van der Waals surface area contributed by atoms with Gasteiger partial charge in [0.1, 0.15) is 17.1 Å². The Morgan fingerprint density at radius 1 is 1.10 bits per heavy atom. The van der Waals surface area contributed by atoms with Gasteiger partial charge in [-0.15, -0.1) is 0 Å². The highest BCUT2D eigenvalue weighted by Gasteiger charge is 2.16. The van der Waals surface area contributed by atoms with E-state index in [-0.39, 0.29) is 5.91 Å². The van der Waals surface area contributed by atoms with Crippen molar-refractivity contribution < 1.29 is 18.7 Å². The van der Waals surface area contributed by atoms with Crippen molar-refractivity contribution in [1.29, 1.82) is 0 Å².